The van der Waals surface area contributed by atoms with Gasteiger partial charge in [0.25, 0.3) is 5.91 Å². The zero-order chi connectivity index (χ0) is 15.0. The molecular weight excluding hydrogens is 286 g/mol. The molecule has 0 saturated carbocycles. The van der Waals surface area contributed by atoms with Crippen LogP contribution in [0.4, 0.5) is 0 Å². The minimum absolute atomic E-state index is 0.0217. The molecule has 110 valence electrons. The summed E-state index contributed by atoms with van der Waals surface area (Å²) in [6.07, 6.45) is 3.01. The first-order valence-electron chi connectivity index (χ1n) is 6.85. The number of fused-ring (bicyclic) bond motifs is 1. The summed E-state index contributed by atoms with van der Waals surface area (Å²) in [6, 6.07) is 5.77. The summed E-state index contributed by atoms with van der Waals surface area (Å²) in [7, 11) is 0. The SMILES string of the molecule is C=C1SC(c2ccc3c(c2)OC=CO3)N(CC(C)C)C1=O. The minimum atomic E-state index is -0.0489. The summed E-state index contributed by atoms with van der Waals surface area (Å²) in [5.41, 5.74) is 1.02. The van der Waals surface area contributed by atoms with Gasteiger partial charge in [0.1, 0.15) is 17.9 Å². The first-order chi connectivity index (χ1) is 10.1. The molecule has 0 spiro atoms. The second kappa shape index (κ2) is 5.48. The molecule has 1 aromatic rings. The predicted molar refractivity (Wildman–Crippen MR) is 82.9 cm³/mol. The lowest BCUT2D eigenvalue weighted by atomic mass is 10.1. The Labute approximate surface area is 128 Å². The topological polar surface area (TPSA) is 38.8 Å². The van der Waals surface area contributed by atoms with Gasteiger partial charge in [-0.1, -0.05) is 38.3 Å². The van der Waals surface area contributed by atoms with Gasteiger partial charge in [0, 0.05) is 6.54 Å². The van der Waals surface area contributed by atoms with E-state index in [1.165, 1.54) is 24.3 Å². The Kier molecular flexibility index (Phi) is 3.68. The van der Waals surface area contributed by atoms with E-state index in [1.54, 1.807) is 0 Å². The second-order valence-electron chi connectivity index (χ2n) is 5.46. The Bertz CT molecular complexity index is 624. The van der Waals surface area contributed by atoms with Gasteiger partial charge in [-0.15, -0.1) is 0 Å². The number of hydrogen-bond acceptors (Lipinski definition) is 4. The van der Waals surface area contributed by atoms with E-state index in [4.69, 9.17) is 9.47 Å². The number of rotatable bonds is 3. The third-order valence-corrected chi connectivity index (χ3v) is 4.51. The molecule has 0 N–H and O–H groups in total. The molecule has 5 heteroatoms. The van der Waals surface area contributed by atoms with E-state index < -0.39 is 0 Å². The fourth-order valence-electron chi connectivity index (χ4n) is 2.41. The summed E-state index contributed by atoms with van der Waals surface area (Å²) in [5.74, 6) is 1.78. The number of benzene rings is 1. The molecule has 1 aromatic carbocycles. The maximum Gasteiger partial charge on any atom is 0.260 e. The van der Waals surface area contributed by atoms with E-state index in [9.17, 15) is 4.79 Å². The molecule has 1 saturated heterocycles. The Morgan fingerprint density at radius 1 is 1.29 bits per heavy atom. The molecule has 0 radical (unpaired) electrons. The second-order valence-corrected chi connectivity index (χ2v) is 6.63. The molecule has 2 heterocycles. The Balaban J connectivity index is 1.91. The first-order valence-corrected chi connectivity index (χ1v) is 7.73. The smallest absolute Gasteiger partial charge is 0.260 e. The molecule has 1 atom stereocenters. The van der Waals surface area contributed by atoms with Crippen molar-refractivity contribution >= 4 is 17.7 Å². The summed E-state index contributed by atoms with van der Waals surface area (Å²) in [6.45, 7) is 8.78. The molecule has 3 rings (SSSR count). The molecule has 0 aromatic heterocycles. The van der Waals surface area contributed by atoms with Gasteiger partial charge in [-0.05, 0) is 23.6 Å². The van der Waals surface area contributed by atoms with E-state index in [2.05, 4.69) is 20.4 Å². The van der Waals surface area contributed by atoms with Gasteiger partial charge in [-0.25, -0.2) is 0 Å². The van der Waals surface area contributed by atoms with Crippen molar-refractivity contribution in [2.24, 2.45) is 5.92 Å². The van der Waals surface area contributed by atoms with Gasteiger partial charge in [0.2, 0.25) is 0 Å². The Morgan fingerprint density at radius 3 is 2.71 bits per heavy atom. The normalized spacial score (nSPS) is 20.5. The van der Waals surface area contributed by atoms with Crippen LogP contribution in [0.2, 0.25) is 0 Å². The highest BCUT2D eigenvalue weighted by Gasteiger charge is 2.36. The summed E-state index contributed by atoms with van der Waals surface area (Å²) < 4.78 is 10.8. The van der Waals surface area contributed by atoms with Gasteiger partial charge in [0.05, 0.1) is 4.91 Å². The zero-order valence-electron chi connectivity index (χ0n) is 12.0. The monoisotopic (exact) mass is 303 g/mol. The van der Waals surface area contributed by atoms with Crippen LogP contribution in [0.25, 0.3) is 0 Å². The largest absolute Gasteiger partial charge is 0.458 e. The van der Waals surface area contributed by atoms with Crippen LogP contribution >= 0.6 is 11.8 Å². The zero-order valence-corrected chi connectivity index (χ0v) is 12.9. The number of hydrogen-bond donors (Lipinski definition) is 0. The molecule has 1 unspecified atom stereocenters. The maximum absolute atomic E-state index is 12.3. The van der Waals surface area contributed by atoms with E-state index in [-0.39, 0.29) is 11.3 Å². The third kappa shape index (κ3) is 2.65. The molecule has 2 aliphatic heterocycles. The molecule has 1 fully saturated rings. The van der Waals surface area contributed by atoms with Crippen LogP contribution in [-0.4, -0.2) is 17.4 Å². The fraction of sp³-hybridized carbons (Fsp3) is 0.312. The van der Waals surface area contributed by atoms with Crippen molar-refractivity contribution in [3.05, 3.63) is 47.8 Å². The van der Waals surface area contributed by atoms with Crippen LogP contribution in [0.5, 0.6) is 11.5 Å². The van der Waals surface area contributed by atoms with Crippen molar-refractivity contribution < 1.29 is 14.3 Å². The predicted octanol–water partition coefficient (Wildman–Crippen LogP) is 3.67. The van der Waals surface area contributed by atoms with E-state index in [0.29, 0.717) is 28.9 Å². The lowest BCUT2D eigenvalue weighted by Gasteiger charge is -2.26. The minimum Gasteiger partial charge on any atom is -0.458 e. The van der Waals surface area contributed by atoms with Gasteiger partial charge < -0.3 is 14.4 Å². The third-order valence-electron chi connectivity index (χ3n) is 3.30. The van der Waals surface area contributed by atoms with E-state index in [1.807, 2.05) is 23.1 Å². The lowest BCUT2D eigenvalue weighted by Crippen LogP contribution is -2.31. The average molecular weight is 303 g/mol. The lowest BCUT2D eigenvalue weighted by molar-refractivity contribution is -0.126. The highest BCUT2D eigenvalue weighted by atomic mass is 32.2. The number of thioether (sulfide) groups is 1. The molecule has 2 aliphatic rings. The molecule has 0 bridgehead atoms. The fourth-order valence-corrected chi connectivity index (χ4v) is 3.48. The van der Waals surface area contributed by atoms with Crippen LogP contribution in [-0.2, 0) is 4.79 Å². The summed E-state index contributed by atoms with van der Waals surface area (Å²) >= 11 is 1.50. The van der Waals surface area contributed by atoms with E-state index in [0.717, 1.165) is 5.56 Å². The van der Waals surface area contributed by atoms with Crippen molar-refractivity contribution in [1.82, 2.24) is 4.90 Å². The number of amides is 1. The van der Waals surface area contributed by atoms with Crippen molar-refractivity contribution in [3.63, 3.8) is 0 Å². The number of carbonyl (C=O) groups excluding carboxylic acids is 1. The summed E-state index contributed by atoms with van der Waals surface area (Å²) in [5, 5.41) is -0.0489. The maximum atomic E-state index is 12.3. The number of carbonyl (C=O) groups is 1. The van der Waals surface area contributed by atoms with Gasteiger partial charge in [0.15, 0.2) is 11.5 Å². The summed E-state index contributed by atoms with van der Waals surface area (Å²) in [4.78, 5) is 14.7. The van der Waals surface area contributed by atoms with Crippen LogP contribution in [0.1, 0.15) is 24.8 Å². The highest BCUT2D eigenvalue weighted by Crippen LogP contribution is 2.46. The van der Waals surface area contributed by atoms with Crippen molar-refractivity contribution in [2.45, 2.75) is 19.2 Å². The quantitative estimate of drug-likeness (QED) is 0.799. The standard InChI is InChI=1S/C16H17NO3S/c1-10(2)9-17-15(18)11(3)21-16(17)12-4-5-13-14(8-12)20-7-6-19-13/h4-8,10,16H,3,9H2,1-2H3. The first kappa shape index (κ1) is 14.1. The van der Waals surface area contributed by atoms with Crippen molar-refractivity contribution in [2.75, 3.05) is 6.54 Å². The Morgan fingerprint density at radius 2 is 2.00 bits per heavy atom. The van der Waals surface area contributed by atoms with Gasteiger partial charge in [-0.3, -0.25) is 4.79 Å². The molecule has 4 nitrogen and oxygen atoms in total. The molecule has 1 amide bonds. The van der Waals surface area contributed by atoms with Gasteiger partial charge >= 0.3 is 0 Å². The van der Waals surface area contributed by atoms with E-state index >= 15 is 0 Å². The van der Waals surface area contributed by atoms with Crippen LogP contribution in [0.15, 0.2) is 42.2 Å². The van der Waals surface area contributed by atoms with Crippen molar-refractivity contribution in [1.29, 1.82) is 0 Å². The Hall–Kier alpha value is -1.88. The van der Waals surface area contributed by atoms with Crippen LogP contribution in [0.3, 0.4) is 0 Å². The average Bonchev–Trinajstić information content (AvgIpc) is 2.74. The van der Waals surface area contributed by atoms with Crippen molar-refractivity contribution in [3.8, 4) is 11.5 Å². The van der Waals surface area contributed by atoms with Gasteiger partial charge in [-0.2, -0.15) is 0 Å². The van der Waals surface area contributed by atoms with Crippen LogP contribution in [0, 0.1) is 5.92 Å². The molecule has 0 aliphatic carbocycles. The number of ether oxygens (including phenoxy) is 2. The highest BCUT2D eigenvalue weighted by molar-refractivity contribution is 8.04. The molecule has 21 heavy (non-hydrogen) atoms. The number of nitrogens with zero attached hydrogens (tertiary/aromatic N) is 1. The van der Waals surface area contributed by atoms with Crippen LogP contribution < -0.4 is 9.47 Å². The molecular formula is C16H17NO3S.